The molecule has 2 rings (SSSR count). The Balaban J connectivity index is 2.33. The number of aromatic amines is 1. The minimum absolute atomic E-state index is 0.0556. The van der Waals surface area contributed by atoms with Gasteiger partial charge in [0, 0.05) is 30.1 Å². The number of hydrogen-bond acceptors (Lipinski definition) is 10. The first-order valence-electron chi connectivity index (χ1n) is 20.5. The maximum atomic E-state index is 14.1. The number of carbonyl (C=O) groups excluding carboxylic acids is 7. The summed E-state index contributed by atoms with van der Waals surface area (Å²) in [7, 11) is 0. The molecule has 1 aromatic heterocycles. The number of primary amides is 1. The summed E-state index contributed by atoms with van der Waals surface area (Å²) in [5, 5.41) is 16.9. The first-order valence-corrected chi connectivity index (χ1v) is 20.5. The maximum Gasteiger partial charge on any atom is 0.243 e. The van der Waals surface area contributed by atoms with E-state index in [1.807, 2.05) is 45.0 Å². The number of para-hydroxylation sites is 1. The molecule has 60 heavy (non-hydrogen) atoms. The average molecular weight is 842 g/mol. The number of nitrogens with zero attached hydrogens (tertiary/aromatic N) is 1. The Bertz CT molecular complexity index is 1780. The standard InChI is InChI=1S/C40H67N13O7/c1-6-23(4)33(53-32(54)21-48-35(56)24(5)42)39(60)52-31(18-22(2)3)38(59)50-28(14-9-10-16-41)36(57)49-29(15-11-17-46-40(44)45)37(58)51-30(34(43)55)19-25-20-47-27-13-8-7-12-26(25)27/h7-8,12-13,20,22-24,28-31,33,47H,6,9-11,14-19,21,41-42H2,1-5H3,(H2,43,55)(H,48,56)(H,49,57)(H,50,59)(H,51,58)(H,52,60)(H,53,54)(H4,44,45,46)/t23-,24+,28-,29-,30-,31-,33-/m1/s1. The molecule has 2 aromatic rings. The zero-order valence-corrected chi connectivity index (χ0v) is 35.5. The topological polar surface area (TPSA) is 350 Å². The molecule has 20 nitrogen and oxygen atoms in total. The largest absolute Gasteiger partial charge is 0.370 e. The van der Waals surface area contributed by atoms with Crippen molar-refractivity contribution in [2.45, 2.75) is 122 Å². The fraction of sp³-hybridized carbons (Fsp3) is 0.600. The molecule has 17 N–H and O–H groups in total. The number of nitrogens with two attached hydrogens (primary N) is 5. The number of hydrogen-bond donors (Lipinski definition) is 12. The lowest BCUT2D eigenvalue weighted by atomic mass is 9.96. The lowest BCUT2D eigenvalue weighted by Crippen LogP contribution is -2.60. The van der Waals surface area contributed by atoms with Crippen molar-refractivity contribution in [1.29, 1.82) is 0 Å². The summed E-state index contributed by atoms with van der Waals surface area (Å²) in [5.41, 5.74) is 29.6. The molecule has 1 heterocycles. The van der Waals surface area contributed by atoms with Gasteiger partial charge in [0.15, 0.2) is 5.96 Å². The van der Waals surface area contributed by atoms with E-state index in [0.717, 1.165) is 16.5 Å². The van der Waals surface area contributed by atoms with Gasteiger partial charge in [-0.15, -0.1) is 0 Å². The van der Waals surface area contributed by atoms with Gasteiger partial charge in [-0.1, -0.05) is 52.3 Å². The third kappa shape index (κ3) is 17.2. The van der Waals surface area contributed by atoms with Crippen LogP contribution in [-0.4, -0.2) is 108 Å². The van der Waals surface area contributed by atoms with E-state index in [-0.39, 0.29) is 56.4 Å². The van der Waals surface area contributed by atoms with Crippen LogP contribution >= 0.6 is 0 Å². The van der Waals surface area contributed by atoms with Crippen LogP contribution in [0.3, 0.4) is 0 Å². The number of guanidine groups is 1. The van der Waals surface area contributed by atoms with E-state index in [1.165, 1.54) is 6.92 Å². The van der Waals surface area contributed by atoms with Gasteiger partial charge in [0.25, 0.3) is 0 Å². The lowest BCUT2D eigenvalue weighted by Gasteiger charge is -2.29. The van der Waals surface area contributed by atoms with Crippen molar-refractivity contribution in [2.24, 2.45) is 45.5 Å². The van der Waals surface area contributed by atoms with E-state index in [9.17, 15) is 33.6 Å². The molecule has 0 unspecified atom stereocenters. The van der Waals surface area contributed by atoms with Gasteiger partial charge < -0.3 is 65.6 Å². The molecule has 334 valence electrons. The highest BCUT2D eigenvalue weighted by molar-refractivity contribution is 5.97. The Labute approximate surface area is 351 Å². The second kappa shape index (κ2) is 25.7. The van der Waals surface area contributed by atoms with Crippen LogP contribution in [0.1, 0.15) is 85.1 Å². The molecule has 0 spiro atoms. The van der Waals surface area contributed by atoms with Crippen LogP contribution < -0.4 is 60.6 Å². The van der Waals surface area contributed by atoms with E-state index >= 15 is 0 Å². The van der Waals surface area contributed by atoms with Crippen molar-refractivity contribution in [3.63, 3.8) is 0 Å². The summed E-state index contributed by atoms with van der Waals surface area (Å²) in [4.78, 5) is 100. The summed E-state index contributed by atoms with van der Waals surface area (Å²) in [6.07, 6.45) is 3.92. The smallest absolute Gasteiger partial charge is 0.243 e. The van der Waals surface area contributed by atoms with Gasteiger partial charge >= 0.3 is 0 Å². The number of carbonyl (C=O) groups is 7. The molecule has 0 aliphatic heterocycles. The molecular weight excluding hydrogens is 775 g/mol. The summed E-state index contributed by atoms with van der Waals surface area (Å²) in [6, 6.07) is 0.947. The van der Waals surface area contributed by atoms with Gasteiger partial charge in [-0.3, -0.25) is 38.6 Å². The molecule has 1 aromatic carbocycles. The molecule has 7 atom stereocenters. The van der Waals surface area contributed by atoms with Gasteiger partial charge in [-0.25, -0.2) is 0 Å². The normalized spacial score (nSPS) is 14.7. The van der Waals surface area contributed by atoms with Crippen LogP contribution in [0.25, 0.3) is 10.9 Å². The number of H-pyrrole nitrogens is 1. The summed E-state index contributed by atoms with van der Waals surface area (Å²) < 4.78 is 0. The Morgan fingerprint density at radius 2 is 1.32 bits per heavy atom. The molecule has 0 radical (unpaired) electrons. The monoisotopic (exact) mass is 842 g/mol. The Hall–Kier alpha value is -5.76. The van der Waals surface area contributed by atoms with Crippen molar-refractivity contribution < 1.29 is 33.6 Å². The van der Waals surface area contributed by atoms with Crippen LogP contribution in [0.2, 0.25) is 0 Å². The number of aromatic nitrogens is 1. The second-order valence-electron chi connectivity index (χ2n) is 15.5. The number of nitrogens with one attached hydrogen (secondary N) is 7. The van der Waals surface area contributed by atoms with Crippen LogP contribution in [0.4, 0.5) is 0 Å². The highest BCUT2D eigenvalue weighted by Crippen LogP contribution is 2.19. The Kier molecular flexibility index (Phi) is 21.6. The SMILES string of the molecule is CC[C@@H](C)[C@@H](NC(=O)CNC(=O)[C@H](C)N)C(=O)N[C@H](CC(C)C)C(=O)N[C@H](CCCCN)C(=O)N[C@H](CCCN=C(N)N)C(=O)N[C@H](Cc1c[nH]c2ccccc12)C(N)=O. The zero-order valence-electron chi connectivity index (χ0n) is 35.5. The van der Waals surface area contributed by atoms with Crippen molar-refractivity contribution >= 4 is 58.2 Å². The first kappa shape index (κ1) is 50.4. The summed E-state index contributed by atoms with van der Waals surface area (Å²) in [6.45, 7) is 8.85. The van der Waals surface area contributed by atoms with Crippen LogP contribution in [0.15, 0.2) is 35.5 Å². The van der Waals surface area contributed by atoms with Crippen molar-refractivity contribution in [1.82, 2.24) is 36.9 Å². The minimum Gasteiger partial charge on any atom is -0.370 e. The average Bonchev–Trinajstić information content (AvgIpc) is 3.60. The lowest BCUT2D eigenvalue weighted by molar-refractivity contribution is -0.135. The fourth-order valence-electron chi connectivity index (χ4n) is 6.31. The number of benzene rings is 1. The number of rotatable bonds is 27. The van der Waals surface area contributed by atoms with E-state index in [2.05, 4.69) is 41.9 Å². The van der Waals surface area contributed by atoms with E-state index in [4.69, 9.17) is 28.7 Å². The highest BCUT2D eigenvalue weighted by atomic mass is 16.2. The molecule has 0 aliphatic rings. The zero-order chi connectivity index (χ0) is 44.9. The van der Waals surface area contributed by atoms with Crippen LogP contribution in [0.5, 0.6) is 0 Å². The second-order valence-corrected chi connectivity index (χ2v) is 15.5. The van der Waals surface area contributed by atoms with Gasteiger partial charge in [-0.2, -0.15) is 0 Å². The predicted molar refractivity (Wildman–Crippen MR) is 229 cm³/mol. The third-order valence-corrected chi connectivity index (χ3v) is 9.91. The molecule has 0 saturated carbocycles. The van der Waals surface area contributed by atoms with E-state index < -0.39 is 84.1 Å². The summed E-state index contributed by atoms with van der Waals surface area (Å²) >= 11 is 0. The number of unbranched alkanes of at least 4 members (excludes halogenated alkanes) is 1. The number of fused-ring (bicyclic) bond motifs is 1. The van der Waals surface area contributed by atoms with Crippen molar-refractivity contribution in [3.05, 3.63) is 36.0 Å². The van der Waals surface area contributed by atoms with Crippen LogP contribution in [-0.2, 0) is 40.0 Å². The first-order chi connectivity index (χ1) is 28.4. The highest BCUT2D eigenvalue weighted by Gasteiger charge is 2.34. The maximum absolute atomic E-state index is 14.1. The quantitative estimate of drug-likeness (QED) is 0.0275. The Morgan fingerprint density at radius 3 is 1.88 bits per heavy atom. The molecule has 20 heteroatoms. The van der Waals surface area contributed by atoms with Gasteiger partial charge in [-0.05, 0) is 75.5 Å². The van der Waals surface area contributed by atoms with Gasteiger partial charge in [0.1, 0.15) is 30.2 Å². The molecule has 0 bridgehead atoms. The molecule has 0 aliphatic carbocycles. The number of amides is 7. The third-order valence-electron chi connectivity index (χ3n) is 9.91. The van der Waals surface area contributed by atoms with Gasteiger partial charge in [0.05, 0.1) is 12.6 Å². The minimum atomic E-state index is -1.20. The fourth-order valence-corrected chi connectivity index (χ4v) is 6.31. The van der Waals surface area contributed by atoms with Crippen LogP contribution in [0, 0.1) is 11.8 Å². The molecule has 0 saturated heterocycles. The predicted octanol–water partition coefficient (Wildman–Crippen LogP) is -1.64. The van der Waals surface area contributed by atoms with Crippen molar-refractivity contribution in [2.75, 3.05) is 19.6 Å². The van der Waals surface area contributed by atoms with Crippen molar-refractivity contribution in [3.8, 4) is 0 Å². The Morgan fingerprint density at radius 1 is 0.733 bits per heavy atom. The van der Waals surface area contributed by atoms with Gasteiger partial charge in [0.2, 0.25) is 41.4 Å². The summed E-state index contributed by atoms with van der Waals surface area (Å²) in [5.74, 6) is -5.22. The number of aliphatic imine (C=N–C) groups is 1. The molecular formula is C40H67N13O7. The van der Waals surface area contributed by atoms with E-state index in [1.54, 1.807) is 13.1 Å². The molecule has 7 amide bonds. The van der Waals surface area contributed by atoms with E-state index in [0.29, 0.717) is 25.8 Å². The molecule has 0 fully saturated rings.